The molecule has 29 N–H and O–H groups in total. The highest BCUT2D eigenvalue weighted by molar-refractivity contribution is 7.98. The number of nitrogens with one attached hydrogen (secondary N) is 15. The Hall–Kier alpha value is -9.43. The summed E-state index contributed by atoms with van der Waals surface area (Å²) in [6.07, 6.45) is 5.32. The molecule has 1 aromatic carbocycles. The molecule has 0 aromatic heterocycles. The molecule has 13 amide bonds. The fraction of sp³-hybridized carbons (Fsp3) is 0.617. The minimum absolute atomic E-state index is 0.00256. The molecule has 0 bridgehead atoms. The highest BCUT2D eigenvalue weighted by atomic mass is 32.2. The summed E-state index contributed by atoms with van der Waals surface area (Å²) in [5.74, 6) is -10.6. The van der Waals surface area contributed by atoms with Crippen molar-refractivity contribution < 1.29 is 91.4 Å². The topological polar surface area (TPSA) is 667 Å². The van der Waals surface area contributed by atoms with Crippen molar-refractivity contribution in [3.05, 3.63) is 29.8 Å². The van der Waals surface area contributed by atoms with Gasteiger partial charge >= 0.3 is 7.82 Å². The number of phosphoric acid groups is 1. The van der Waals surface area contributed by atoms with Gasteiger partial charge in [0.25, 0.3) is 5.91 Å². The van der Waals surface area contributed by atoms with E-state index in [0.717, 1.165) is 4.90 Å². The molecule has 0 saturated carbocycles. The number of nitrogens with zero attached hydrogens (tertiary/aromatic N) is 1. The van der Waals surface area contributed by atoms with Crippen molar-refractivity contribution in [2.24, 2.45) is 34.6 Å². The lowest BCUT2D eigenvalue weighted by atomic mass is 9.98. The minimum Gasteiger partial charge on any atom is -0.508 e. The maximum atomic E-state index is 14.1. The van der Waals surface area contributed by atoms with Crippen LogP contribution in [-0.4, -0.2) is 246 Å². The molecule has 0 aliphatic carbocycles. The summed E-state index contributed by atoms with van der Waals surface area (Å²) < 4.78 is 16.3. The Kier molecular flexibility index (Phi) is 44.4. The van der Waals surface area contributed by atoms with E-state index < -0.39 is 166 Å². The quantitative estimate of drug-likeness (QED) is 0.00947. The number of aliphatic hydroxyl groups is 1. The van der Waals surface area contributed by atoms with Crippen LogP contribution in [0.25, 0.3) is 0 Å². The predicted octanol–water partition coefficient (Wildman–Crippen LogP) is -7.83. The number of rotatable bonds is 51. The number of carbonyl (C=O) groups excluding carboxylic acids is 13. The maximum Gasteiger partial charge on any atom is 0.469 e. The zero-order valence-corrected chi connectivity index (χ0v) is 59.3. The number of benzene rings is 1. The molecule has 0 fully saturated rings. The molecule has 102 heavy (non-hydrogen) atoms. The number of unbranched alkanes of at least 4 members (excludes halogenated alkanes) is 2. The minimum atomic E-state index is -5.35. The van der Waals surface area contributed by atoms with Crippen LogP contribution in [0.15, 0.2) is 24.3 Å². The lowest BCUT2D eigenvalue weighted by Gasteiger charge is -2.28. The largest absolute Gasteiger partial charge is 0.508 e. The summed E-state index contributed by atoms with van der Waals surface area (Å²) in [5, 5.41) is 66.9. The summed E-state index contributed by atoms with van der Waals surface area (Å²) in [5.41, 5.74) is 27.9. The van der Waals surface area contributed by atoms with Crippen LogP contribution in [0.5, 0.6) is 5.75 Å². The first-order chi connectivity index (χ1) is 48.3. The number of phenolic OH excluding ortho intramolecular Hbond substituents is 1. The SMILES string of the molecule is CCCN(CC(=O)N[C@@H](CCCNC(=N)N)C(N)=O)C(=O)[C@H](CCCCN)NC(=O)CNC(=O)[C@H](COP(=O)(O)O)NC(=O)CNC(=O)[C@H](CCCCN)NC(=O)[C@H](C#CO)NC(=O)[C@H](Cc1ccc(O)cc1)NC(=O)CNC(=O)[C@H](CCSC)NC(=N)CNC(=O)[C@@H](NC(=O)CN)C(C)CC. The van der Waals surface area contributed by atoms with Crippen LogP contribution in [-0.2, 0) is 77.8 Å². The zero-order chi connectivity index (χ0) is 76.9. The number of phenols is 1. The van der Waals surface area contributed by atoms with Crippen molar-refractivity contribution in [2.75, 3.05) is 84.1 Å². The Morgan fingerprint density at radius 3 is 1.63 bits per heavy atom. The highest BCUT2D eigenvalue weighted by Gasteiger charge is 2.34. The smallest absolute Gasteiger partial charge is 0.469 e. The number of hydrogen-bond acceptors (Lipinski definition) is 23. The number of nitrogens with two attached hydrogens (primary N) is 5. The molecule has 40 nitrogen and oxygen atoms in total. The second kappa shape index (κ2) is 50.0. The van der Waals surface area contributed by atoms with Gasteiger partial charge < -0.3 is 123 Å². The zero-order valence-electron chi connectivity index (χ0n) is 57.6. The van der Waals surface area contributed by atoms with E-state index in [2.05, 4.69) is 79.6 Å². The van der Waals surface area contributed by atoms with Gasteiger partial charge in [-0.05, 0) is 119 Å². The second-order valence-electron chi connectivity index (χ2n) is 23.1. The van der Waals surface area contributed by atoms with E-state index in [0.29, 0.717) is 43.4 Å². The molecule has 1 aromatic rings. The van der Waals surface area contributed by atoms with Gasteiger partial charge in [0.05, 0.1) is 45.9 Å². The normalized spacial score (nSPS) is 13.5. The van der Waals surface area contributed by atoms with E-state index in [1.54, 1.807) is 20.1 Å². The summed E-state index contributed by atoms with van der Waals surface area (Å²) >= 11 is 1.37. The first-order valence-electron chi connectivity index (χ1n) is 32.7. The number of hydrogen-bond donors (Lipinski definition) is 24. The van der Waals surface area contributed by atoms with Crippen LogP contribution < -0.4 is 97.8 Å². The van der Waals surface area contributed by atoms with E-state index in [-0.39, 0.29) is 108 Å². The average molecular weight is 1480 g/mol. The van der Waals surface area contributed by atoms with Crippen LogP contribution >= 0.6 is 19.6 Å². The van der Waals surface area contributed by atoms with E-state index in [4.69, 9.17) is 39.5 Å². The molecule has 0 saturated heterocycles. The predicted molar refractivity (Wildman–Crippen MR) is 372 cm³/mol. The standard InChI is InChI=1S/C60H102N21O19PS/c1-5-24-81(33-50(88)74-38(52(65)89)14-11-23-68-60(66)67)59(96)42(13-8-10-22-62)75-47(85)30-72-55(92)44(34-100-101(97,98)99)77-49(87)32-70-53(90)39(12-7-9-21-61)78-56(93)40(19-25-82)79-57(94)43(27-36-15-17-37(83)18-16-36)76-48(86)31-71-54(91)41(20-26-102-4)73-45(64)29-69-58(95)51(35(3)6-2)80-46(84)28-63/h15-18,35,38-44,51,82-83H,5-14,20-24,26-34,61-63H2,1-4H3,(H2,64,73)(H2,65,89)(H,69,95)(H,70,90)(H,71,91)(H,72,92)(H,74,88)(H,75,85)(H,76,86)(H,77,87)(H,78,93)(H,79,94)(H,80,84)(H4,66,67,68)(H2,97,98,99)/t35?,38-,39-,40-,41-,42-,43-,44-,51-/m0/s1. The maximum absolute atomic E-state index is 14.1. The molecule has 1 unspecified atom stereocenters. The van der Waals surface area contributed by atoms with Crippen LogP contribution in [0.2, 0.25) is 0 Å². The van der Waals surface area contributed by atoms with Crippen molar-refractivity contribution in [3.63, 3.8) is 0 Å². The molecule has 0 radical (unpaired) electrons. The molecule has 42 heteroatoms. The third kappa shape index (κ3) is 38.4. The Bertz CT molecular complexity index is 3090. The average Bonchev–Trinajstić information content (AvgIpc) is 0.879. The molecule has 572 valence electrons. The summed E-state index contributed by atoms with van der Waals surface area (Å²) in [6.45, 7) is 0.652. The van der Waals surface area contributed by atoms with Crippen LogP contribution in [0, 0.1) is 28.8 Å². The van der Waals surface area contributed by atoms with E-state index >= 15 is 0 Å². The number of aliphatic hydroxyl groups excluding tert-OH is 1. The van der Waals surface area contributed by atoms with E-state index in [1.807, 2.05) is 6.92 Å². The van der Waals surface area contributed by atoms with Crippen LogP contribution in [0.3, 0.4) is 0 Å². The third-order valence-electron chi connectivity index (χ3n) is 14.8. The van der Waals surface area contributed by atoms with E-state index in [9.17, 15) is 86.9 Å². The lowest BCUT2D eigenvalue weighted by Crippen LogP contribution is -2.58. The number of phosphoric ester groups is 1. The molecule has 1 rings (SSSR count). The van der Waals surface area contributed by atoms with Crippen LogP contribution in [0.4, 0.5) is 0 Å². The van der Waals surface area contributed by atoms with E-state index in [1.165, 1.54) is 42.1 Å². The Labute approximate surface area is 594 Å². The third-order valence-corrected chi connectivity index (χ3v) is 15.9. The molecule has 9 atom stereocenters. The summed E-state index contributed by atoms with van der Waals surface area (Å²) in [4.78, 5) is 194. The van der Waals surface area contributed by atoms with Crippen molar-refractivity contribution in [1.82, 2.24) is 74.0 Å². The van der Waals surface area contributed by atoms with Gasteiger partial charge in [-0.25, -0.2) is 4.57 Å². The summed E-state index contributed by atoms with van der Waals surface area (Å²) in [7, 11) is -5.35. The van der Waals surface area contributed by atoms with Gasteiger partial charge in [0, 0.05) is 19.5 Å². The number of amidine groups is 1. The van der Waals surface area contributed by atoms with Gasteiger partial charge in [0.15, 0.2) is 12.0 Å². The van der Waals surface area contributed by atoms with Crippen molar-refractivity contribution in [1.29, 1.82) is 10.8 Å². The van der Waals surface area contributed by atoms with Crippen molar-refractivity contribution >= 4 is 108 Å². The molecule has 0 aliphatic heterocycles. The number of guanidine groups is 1. The number of primary amides is 1. The van der Waals surface area contributed by atoms with Gasteiger partial charge in [0.1, 0.15) is 60.0 Å². The number of aromatic hydroxyl groups is 1. The Morgan fingerprint density at radius 1 is 0.598 bits per heavy atom. The molecule has 0 heterocycles. The molecular formula is C60H102N21O19PS. The summed E-state index contributed by atoms with van der Waals surface area (Å²) in [6, 6.07) is -6.21. The molecular weight excluding hydrogens is 1380 g/mol. The Balaban J connectivity index is 3.31. The van der Waals surface area contributed by atoms with Crippen molar-refractivity contribution in [2.45, 2.75) is 146 Å². The van der Waals surface area contributed by atoms with Gasteiger partial charge in [-0.15, -0.1) is 0 Å². The van der Waals surface area contributed by atoms with Gasteiger partial charge in [0.2, 0.25) is 70.9 Å². The van der Waals surface area contributed by atoms with Crippen molar-refractivity contribution in [3.8, 4) is 17.8 Å². The van der Waals surface area contributed by atoms with Crippen LogP contribution in [0.1, 0.15) is 97.0 Å². The van der Waals surface area contributed by atoms with Gasteiger partial charge in [-0.2, -0.15) is 11.8 Å². The van der Waals surface area contributed by atoms with Gasteiger partial charge in [-0.3, -0.25) is 77.7 Å². The number of amides is 13. The lowest BCUT2D eigenvalue weighted by molar-refractivity contribution is -0.140. The fourth-order valence-electron chi connectivity index (χ4n) is 9.25. The number of carbonyl (C=O) groups is 13. The fourth-order valence-corrected chi connectivity index (χ4v) is 10.1. The monoisotopic (exact) mass is 1480 g/mol. The number of thioether (sulfide) groups is 1. The first kappa shape index (κ1) is 90.6. The Morgan fingerprint density at radius 2 is 1.12 bits per heavy atom. The second-order valence-corrected chi connectivity index (χ2v) is 25.3. The highest BCUT2D eigenvalue weighted by Crippen LogP contribution is 2.35. The molecule has 0 spiro atoms. The molecule has 0 aliphatic rings. The van der Waals surface area contributed by atoms with Gasteiger partial charge in [-0.1, -0.05) is 39.3 Å². The first-order valence-corrected chi connectivity index (χ1v) is 35.6.